The molecule has 0 fully saturated rings. The number of hydrogen-bond donors (Lipinski definition) is 1. The number of hydrogen-bond acceptors (Lipinski definition) is 7. The molecule has 0 heterocycles. The number of aliphatic hydroxyl groups excluding tert-OH is 1. The lowest BCUT2D eigenvalue weighted by molar-refractivity contribution is -0.148. The van der Waals surface area contributed by atoms with Crippen molar-refractivity contribution in [2.45, 2.75) is 27.2 Å². The summed E-state index contributed by atoms with van der Waals surface area (Å²) in [5.74, 6) is -0.782. The average Bonchev–Trinajstić information content (AvgIpc) is 2.34. The second kappa shape index (κ2) is 8.47. The van der Waals surface area contributed by atoms with Gasteiger partial charge in [0.15, 0.2) is 0 Å². The van der Waals surface area contributed by atoms with E-state index in [1.54, 1.807) is 0 Å². The van der Waals surface area contributed by atoms with Gasteiger partial charge in [-0.25, -0.2) is 4.79 Å². The lowest BCUT2D eigenvalue weighted by Gasteiger charge is -2.25. The molecule has 19 heavy (non-hydrogen) atoms. The summed E-state index contributed by atoms with van der Waals surface area (Å²) in [6.07, 6.45) is -0.615. The van der Waals surface area contributed by atoms with Gasteiger partial charge in [-0.15, -0.1) is 0 Å². The van der Waals surface area contributed by atoms with E-state index < -0.39 is 17.5 Å². The second-order valence-electron chi connectivity index (χ2n) is 4.36. The molecule has 7 nitrogen and oxygen atoms in total. The first-order valence-corrected chi connectivity index (χ1v) is 5.86. The van der Waals surface area contributed by atoms with Crippen LogP contribution in [0.3, 0.4) is 0 Å². The zero-order valence-corrected chi connectivity index (χ0v) is 11.4. The van der Waals surface area contributed by atoms with E-state index in [1.807, 2.05) is 0 Å². The highest BCUT2D eigenvalue weighted by Crippen LogP contribution is 2.19. The van der Waals surface area contributed by atoms with Gasteiger partial charge in [-0.1, -0.05) is 0 Å². The molecule has 0 aliphatic rings. The quantitative estimate of drug-likeness (QED) is 0.514. The van der Waals surface area contributed by atoms with Crippen molar-refractivity contribution in [2.24, 2.45) is 5.41 Å². The van der Waals surface area contributed by atoms with E-state index in [0.717, 1.165) is 0 Å². The monoisotopic (exact) mass is 276 g/mol. The third-order valence-electron chi connectivity index (χ3n) is 2.47. The SMILES string of the molecule is CC(=O)OCC(C)(COC(=O)OCCCO)C(C)=O. The van der Waals surface area contributed by atoms with Crippen LogP contribution >= 0.6 is 0 Å². The van der Waals surface area contributed by atoms with Crippen LogP contribution in [0.15, 0.2) is 0 Å². The van der Waals surface area contributed by atoms with Crippen molar-refractivity contribution in [2.75, 3.05) is 26.4 Å². The van der Waals surface area contributed by atoms with Crippen LogP contribution < -0.4 is 0 Å². The molecule has 1 atom stereocenters. The Balaban J connectivity index is 4.23. The van der Waals surface area contributed by atoms with Gasteiger partial charge in [0.2, 0.25) is 0 Å². The number of esters is 1. The Hall–Kier alpha value is -1.63. The second-order valence-corrected chi connectivity index (χ2v) is 4.36. The molecule has 110 valence electrons. The molecule has 1 N–H and O–H groups in total. The highest BCUT2D eigenvalue weighted by Gasteiger charge is 2.33. The smallest absolute Gasteiger partial charge is 0.465 e. The molecule has 0 saturated carbocycles. The minimum absolute atomic E-state index is 0.0378. The van der Waals surface area contributed by atoms with Crippen LogP contribution in [0.25, 0.3) is 0 Å². The topological polar surface area (TPSA) is 99.1 Å². The molecule has 0 aromatic heterocycles. The molecule has 0 radical (unpaired) electrons. The van der Waals surface area contributed by atoms with Gasteiger partial charge >= 0.3 is 12.1 Å². The summed E-state index contributed by atoms with van der Waals surface area (Å²) < 4.78 is 14.2. The largest absolute Gasteiger partial charge is 0.508 e. The maximum absolute atomic E-state index is 11.5. The van der Waals surface area contributed by atoms with Crippen molar-refractivity contribution in [3.05, 3.63) is 0 Å². The highest BCUT2D eigenvalue weighted by atomic mass is 16.7. The van der Waals surface area contributed by atoms with E-state index in [1.165, 1.54) is 20.8 Å². The van der Waals surface area contributed by atoms with Crippen LogP contribution in [0.5, 0.6) is 0 Å². The molecule has 0 aliphatic heterocycles. The fourth-order valence-corrected chi connectivity index (χ4v) is 0.986. The Morgan fingerprint density at radius 1 is 1.05 bits per heavy atom. The average molecular weight is 276 g/mol. The van der Waals surface area contributed by atoms with Crippen molar-refractivity contribution in [3.63, 3.8) is 0 Å². The zero-order chi connectivity index (χ0) is 14.9. The fraction of sp³-hybridized carbons (Fsp3) is 0.750. The fourth-order valence-electron chi connectivity index (χ4n) is 0.986. The molecule has 0 aromatic rings. The molecule has 0 saturated heterocycles. The van der Waals surface area contributed by atoms with Gasteiger partial charge in [0, 0.05) is 20.0 Å². The molecule has 0 spiro atoms. The predicted molar refractivity (Wildman–Crippen MR) is 64.4 cm³/mol. The maximum atomic E-state index is 11.5. The van der Waals surface area contributed by atoms with E-state index in [9.17, 15) is 14.4 Å². The van der Waals surface area contributed by atoms with E-state index in [2.05, 4.69) is 4.74 Å². The molecule has 0 rings (SSSR count). The first kappa shape index (κ1) is 17.4. The standard InChI is InChI=1S/C12H20O7/c1-9(14)12(3,7-18-10(2)15)8-19-11(16)17-6-4-5-13/h13H,4-8H2,1-3H3. The molecule has 0 bridgehead atoms. The van der Waals surface area contributed by atoms with Crippen LogP contribution in [0.2, 0.25) is 0 Å². The highest BCUT2D eigenvalue weighted by molar-refractivity contribution is 5.82. The van der Waals surface area contributed by atoms with E-state index >= 15 is 0 Å². The number of ether oxygens (including phenoxy) is 3. The van der Waals surface area contributed by atoms with Gasteiger partial charge < -0.3 is 19.3 Å². The van der Waals surface area contributed by atoms with E-state index in [4.69, 9.17) is 14.6 Å². The van der Waals surface area contributed by atoms with Crippen molar-refractivity contribution in [1.29, 1.82) is 0 Å². The molecule has 7 heteroatoms. The molecule has 0 aliphatic carbocycles. The summed E-state index contributed by atoms with van der Waals surface area (Å²) in [6.45, 7) is 3.61. The van der Waals surface area contributed by atoms with Crippen LogP contribution in [-0.2, 0) is 23.8 Å². The summed E-state index contributed by atoms with van der Waals surface area (Å²) >= 11 is 0. The Bertz CT molecular complexity index is 326. The zero-order valence-electron chi connectivity index (χ0n) is 11.4. The Kier molecular flexibility index (Phi) is 7.74. The number of aliphatic hydroxyl groups is 1. The molecular weight excluding hydrogens is 256 g/mol. The predicted octanol–water partition coefficient (Wildman–Crippen LogP) is 0.680. The number of carbonyl (C=O) groups is 3. The Morgan fingerprint density at radius 3 is 2.11 bits per heavy atom. The van der Waals surface area contributed by atoms with Gasteiger partial charge in [-0.3, -0.25) is 9.59 Å². The van der Waals surface area contributed by atoms with Gasteiger partial charge in [0.25, 0.3) is 0 Å². The molecule has 1 unspecified atom stereocenters. The number of carbonyl (C=O) groups excluding carboxylic acids is 3. The van der Waals surface area contributed by atoms with Gasteiger partial charge in [0.1, 0.15) is 19.0 Å². The van der Waals surface area contributed by atoms with E-state index in [-0.39, 0.29) is 32.2 Å². The minimum atomic E-state index is -1.10. The summed E-state index contributed by atoms with van der Waals surface area (Å²) in [5, 5.41) is 8.51. The minimum Gasteiger partial charge on any atom is -0.465 e. The molecule has 0 amide bonds. The maximum Gasteiger partial charge on any atom is 0.508 e. The van der Waals surface area contributed by atoms with Gasteiger partial charge in [-0.05, 0) is 13.8 Å². The molecular formula is C12H20O7. The molecule has 0 aromatic carbocycles. The summed E-state index contributed by atoms with van der Waals surface area (Å²) in [5.41, 5.74) is -1.10. The lowest BCUT2D eigenvalue weighted by Crippen LogP contribution is -2.37. The summed E-state index contributed by atoms with van der Waals surface area (Å²) in [7, 11) is 0. The Morgan fingerprint density at radius 2 is 1.63 bits per heavy atom. The van der Waals surface area contributed by atoms with Crippen LogP contribution in [0.4, 0.5) is 4.79 Å². The summed E-state index contributed by atoms with van der Waals surface area (Å²) in [4.78, 5) is 33.4. The van der Waals surface area contributed by atoms with E-state index in [0.29, 0.717) is 6.42 Å². The first-order chi connectivity index (χ1) is 8.81. The van der Waals surface area contributed by atoms with Crippen LogP contribution in [0.1, 0.15) is 27.2 Å². The number of Topliss-reactive ketones (excluding diaryl/α,β-unsaturated/α-hetero) is 1. The summed E-state index contributed by atoms with van der Waals surface area (Å²) in [6, 6.07) is 0. The van der Waals surface area contributed by atoms with Gasteiger partial charge in [0.05, 0.1) is 12.0 Å². The lowest BCUT2D eigenvalue weighted by atomic mass is 9.88. The van der Waals surface area contributed by atoms with Crippen molar-refractivity contribution >= 4 is 17.9 Å². The Labute approximate surface area is 111 Å². The van der Waals surface area contributed by atoms with Crippen molar-refractivity contribution < 1.29 is 33.7 Å². The third kappa shape index (κ3) is 7.40. The van der Waals surface area contributed by atoms with Gasteiger partial charge in [-0.2, -0.15) is 0 Å². The third-order valence-corrected chi connectivity index (χ3v) is 2.47. The normalized spacial score (nSPS) is 13.3. The number of ketones is 1. The van der Waals surface area contributed by atoms with Crippen LogP contribution in [0, 0.1) is 5.41 Å². The number of rotatable bonds is 8. The van der Waals surface area contributed by atoms with Crippen LogP contribution in [-0.4, -0.2) is 49.4 Å². The van der Waals surface area contributed by atoms with Crippen molar-refractivity contribution in [1.82, 2.24) is 0 Å². The van der Waals surface area contributed by atoms with Crippen molar-refractivity contribution in [3.8, 4) is 0 Å². The first-order valence-electron chi connectivity index (χ1n) is 5.86.